The Morgan fingerprint density at radius 1 is 0.950 bits per heavy atom. The number of hydrogen-bond donors (Lipinski definition) is 1. The van der Waals surface area contributed by atoms with E-state index in [2.05, 4.69) is 34.5 Å². The van der Waals surface area contributed by atoms with Gasteiger partial charge in [-0.1, -0.05) is 48.5 Å². The highest BCUT2D eigenvalue weighted by molar-refractivity contribution is 5.72. The molecule has 1 N–H and O–H groups in total. The molecule has 0 saturated carbocycles. The maximum atomic E-state index is 8.97. The van der Waals surface area contributed by atoms with E-state index in [1.165, 1.54) is 11.1 Å². The van der Waals surface area contributed by atoms with Crippen molar-refractivity contribution >= 4 is 0 Å². The first-order valence-corrected chi connectivity index (χ1v) is 6.27. The van der Waals surface area contributed by atoms with Crippen LogP contribution in [0.15, 0.2) is 48.5 Å². The molecule has 1 heterocycles. The largest absolute Gasteiger partial charge is 0.196 e. The van der Waals surface area contributed by atoms with Gasteiger partial charge in [0.25, 0.3) is 0 Å². The average Bonchev–Trinajstić information content (AvgIpc) is 2.96. The number of aromatic amines is 1. The molecule has 4 nitrogen and oxygen atoms in total. The van der Waals surface area contributed by atoms with Crippen LogP contribution in [0.4, 0.5) is 0 Å². The van der Waals surface area contributed by atoms with Gasteiger partial charge in [0, 0.05) is 5.56 Å². The summed E-state index contributed by atoms with van der Waals surface area (Å²) in [5.41, 5.74) is 5.37. The van der Waals surface area contributed by atoms with Gasteiger partial charge in [0.1, 0.15) is 11.8 Å². The summed E-state index contributed by atoms with van der Waals surface area (Å²) in [6, 6.07) is 18.3. The topological polar surface area (TPSA) is 65.4 Å². The van der Waals surface area contributed by atoms with Gasteiger partial charge < -0.3 is 0 Å². The summed E-state index contributed by atoms with van der Waals surface area (Å²) in [6.45, 7) is 2.09. The monoisotopic (exact) mass is 260 g/mol. The van der Waals surface area contributed by atoms with Gasteiger partial charge in [0.05, 0.1) is 0 Å². The zero-order valence-corrected chi connectivity index (χ0v) is 11.0. The molecule has 3 rings (SSSR count). The Morgan fingerprint density at radius 3 is 2.35 bits per heavy atom. The van der Waals surface area contributed by atoms with Crippen molar-refractivity contribution in [1.82, 2.24) is 15.4 Å². The Hall–Kier alpha value is -2.93. The van der Waals surface area contributed by atoms with Crippen molar-refractivity contribution in [2.24, 2.45) is 0 Å². The summed E-state index contributed by atoms with van der Waals surface area (Å²) < 4.78 is 0. The van der Waals surface area contributed by atoms with Crippen LogP contribution in [0.1, 0.15) is 11.3 Å². The first kappa shape index (κ1) is 12.1. The summed E-state index contributed by atoms with van der Waals surface area (Å²) >= 11 is 0. The van der Waals surface area contributed by atoms with E-state index < -0.39 is 0 Å². The summed E-state index contributed by atoms with van der Waals surface area (Å²) in [5.74, 6) is 0. The SMILES string of the molecule is Cc1ccccc1-c1ccc(-c2n[nH]nc2C#N)cc1. The molecule has 0 aliphatic rings. The molecule has 0 radical (unpaired) electrons. The molecule has 4 heteroatoms. The normalized spacial score (nSPS) is 10.2. The van der Waals surface area contributed by atoms with E-state index in [0.29, 0.717) is 11.4 Å². The lowest BCUT2D eigenvalue weighted by Crippen LogP contribution is -1.85. The fourth-order valence-electron chi connectivity index (χ4n) is 2.21. The van der Waals surface area contributed by atoms with Crippen molar-refractivity contribution in [1.29, 1.82) is 5.26 Å². The summed E-state index contributed by atoms with van der Waals surface area (Å²) in [7, 11) is 0. The molecular formula is C16H12N4. The van der Waals surface area contributed by atoms with Crippen molar-refractivity contribution in [3.05, 3.63) is 59.8 Å². The summed E-state index contributed by atoms with van der Waals surface area (Å²) in [5, 5.41) is 19.3. The molecule has 0 aliphatic heterocycles. The molecule has 0 fully saturated rings. The molecule has 0 amide bonds. The lowest BCUT2D eigenvalue weighted by atomic mass is 9.99. The minimum atomic E-state index is 0.314. The van der Waals surface area contributed by atoms with Crippen molar-refractivity contribution in [2.75, 3.05) is 0 Å². The Balaban J connectivity index is 2.01. The number of benzene rings is 2. The molecular weight excluding hydrogens is 248 g/mol. The van der Waals surface area contributed by atoms with Crippen LogP contribution in [-0.2, 0) is 0 Å². The van der Waals surface area contributed by atoms with E-state index in [4.69, 9.17) is 5.26 Å². The fourth-order valence-corrected chi connectivity index (χ4v) is 2.21. The second kappa shape index (κ2) is 4.98. The maximum Gasteiger partial charge on any atom is 0.190 e. The highest BCUT2D eigenvalue weighted by Gasteiger charge is 2.09. The number of hydrogen-bond acceptors (Lipinski definition) is 3. The summed E-state index contributed by atoms with van der Waals surface area (Å²) in [6.07, 6.45) is 0. The van der Waals surface area contributed by atoms with E-state index in [1.54, 1.807) is 0 Å². The van der Waals surface area contributed by atoms with Crippen molar-refractivity contribution < 1.29 is 0 Å². The van der Waals surface area contributed by atoms with Crippen LogP contribution in [0.25, 0.3) is 22.4 Å². The van der Waals surface area contributed by atoms with Crippen LogP contribution in [0.5, 0.6) is 0 Å². The first-order chi connectivity index (χ1) is 9.79. The second-order valence-electron chi connectivity index (χ2n) is 4.52. The average molecular weight is 260 g/mol. The Kier molecular flexibility index (Phi) is 3.02. The maximum absolute atomic E-state index is 8.97. The Bertz CT molecular complexity index is 758. The lowest BCUT2D eigenvalue weighted by Gasteiger charge is -2.06. The van der Waals surface area contributed by atoms with Crippen LogP contribution >= 0.6 is 0 Å². The predicted molar refractivity (Wildman–Crippen MR) is 76.7 cm³/mol. The molecule has 3 aromatic rings. The Labute approximate surface area is 116 Å². The van der Waals surface area contributed by atoms with E-state index in [1.807, 2.05) is 42.5 Å². The number of nitrogens with one attached hydrogen (secondary N) is 1. The Morgan fingerprint density at radius 2 is 1.65 bits per heavy atom. The van der Waals surface area contributed by atoms with Gasteiger partial charge in [-0.05, 0) is 23.6 Å². The molecule has 0 bridgehead atoms. The highest BCUT2D eigenvalue weighted by atomic mass is 15.3. The summed E-state index contributed by atoms with van der Waals surface area (Å²) in [4.78, 5) is 0. The number of nitriles is 1. The molecule has 1 aromatic heterocycles. The predicted octanol–water partition coefficient (Wildman–Crippen LogP) is 3.32. The van der Waals surface area contributed by atoms with Crippen LogP contribution in [0, 0.1) is 18.3 Å². The van der Waals surface area contributed by atoms with Gasteiger partial charge >= 0.3 is 0 Å². The third-order valence-electron chi connectivity index (χ3n) is 3.27. The molecule has 20 heavy (non-hydrogen) atoms. The van der Waals surface area contributed by atoms with Gasteiger partial charge in [-0.3, -0.25) is 0 Å². The van der Waals surface area contributed by atoms with Gasteiger partial charge in [-0.25, -0.2) is 0 Å². The molecule has 96 valence electrons. The molecule has 0 saturated heterocycles. The van der Waals surface area contributed by atoms with E-state index in [0.717, 1.165) is 11.1 Å². The van der Waals surface area contributed by atoms with Crippen LogP contribution < -0.4 is 0 Å². The van der Waals surface area contributed by atoms with Crippen LogP contribution in [0.3, 0.4) is 0 Å². The molecule has 2 aromatic carbocycles. The molecule has 0 unspecified atom stereocenters. The van der Waals surface area contributed by atoms with Crippen molar-refractivity contribution in [3.8, 4) is 28.5 Å². The molecule has 0 atom stereocenters. The van der Waals surface area contributed by atoms with E-state index in [9.17, 15) is 0 Å². The minimum Gasteiger partial charge on any atom is -0.196 e. The van der Waals surface area contributed by atoms with Crippen LogP contribution in [0.2, 0.25) is 0 Å². The second-order valence-corrected chi connectivity index (χ2v) is 4.52. The zero-order chi connectivity index (χ0) is 13.9. The van der Waals surface area contributed by atoms with Gasteiger partial charge in [-0.15, -0.1) is 5.10 Å². The van der Waals surface area contributed by atoms with Crippen molar-refractivity contribution in [2.45, 2.75) is 6.92 Å². The first-order valence-electron chi connectivity index (χ1n) is 6.27. The lowest BCUT2D eigenvalue weighted by molar-refractivity contribution is 0.937. The van der Waals surface area contributed by atoms with Crippen LogP contribution in [-0.4, -0.2) is 15.4 Å². The van der Waals surface area contributed by atoms with Gasteiger partial charge in [0.2, 0.25) is 0 Å². The third-order valence-corrected chi connectivity index (χ3v) is 3.27. The smallest absolute Gasteiger partial charge is 0.190 e. The quantitative estimate of drug-likeness (QED) is 0.768. The van der Waals surface area contributed by atoms with E-state index in [-0.39, 0.29) is 0 Å². The number of rotatable bonds is 2. The number of aromatic nitrogens is 3. The van der Waals surface area contributed by atoms with Crippen molar-refractivity contribution in [3.63, 3.8) is 0 Å². The molecule has 0 spiro atoms. The van der Waals surface area contributed by atoms with Gasteiger partial charge in [-0.2, -0.15) is 15.6 Å². The highest BCUT2D eigenvalue weighted by Crippen LogP contribution is 2.26. The van der Waals surface area contributed by atoms with E-state index >= 15 is 0 Å². The zero-order valence-electron chi connectivity index (χ0n) is 11.0. The third kappa shape index (κ3) is 2.06. The molecule has 0 aliphatic carbocycles. The van der Waals surface area contributed by atoms with Gasteiger partial charge in [0.15, 0.2) is 5.69 Å². The minimum absolute atomic E-state index is 0.314. The number of H-pyrrole nitrogens is 1. The fraction of sp³-hybridized carbons (Fsp3) is 0.0625. The standard InChI is InChI=1S/C16H12N4/c1-11-4-2-3-5-14(11)12-6-8-13(9-7-12)16-15(10-17)18-20-19-16/h2-9H,1H3,(H,18,19,20). The number of aryl methyl sites for hydroxylation is 1. The number of nitrogens with zero attached hydrogens (tertiary/aromatic N) is 3.